The van der Waals surface area contributed by atoms with E-state index in [9.17, 15) is 5.26 Å². The van der Waals surface area contributed by atoms with E-state index in [1.54, 1.807) is 13.2 Å². The summed E-state index contributed by atoms with van der Waals surface area (Å²) in [6.45, 7) is 2.76. The molecule has 0 aliphatic carbocycles. The molecule has 3 aromatic rings. The fourth-order valence-electron chi connectivity index (χ4n) is 2.52. The number of ether oxygens (including phenoxy) is 2. The summed E-state index contributed by atoms with van der Waals surface area (Å²) >= 11 is 0. The predicted molar refractivity (Wildman–Crippen MR) is 101 cm³/mol. The molecule has 132 valence electrons. The lowest BCUT2D eigenvalue weighted by atomic mass is 10.1. The molecule has 0 fully saturated rings. The summed E-state index contributed by atoms with van der Waals surface area (Å²) in [5, 5.41) is 9.52. The molecule has 0 unspecified atom stereocenters. The molecule has 0 atom stereocenters. The van der Waals surface area contributed by atoms with E-state index in [4.69, 9.17) is 13.9 Å². The minimum absolute atomic E-state index is 0.302. The number of para-hydroxylation sites is 2. The van der Waals surface area contributed by atoms with Crippen molar-refractivity contribution in [1.82, 2.24) is 4.98 Å². The summed E-state index contributed by atoms with van der Waals surface area (Å²) in [7, 11) is 1.60. The van der Waals surface area contributed by atoms with E-state index in [0.29, 0.717) is 35.2 Å². The molecule has 0 saturated carbocycles. The number of hydrogen-bond donors (Lipinski definition) is 0. The smallest absolute Gasteiger partial charge is 0.238 e. The van der Waals surface area contributed by atoms with Crippen LogP contribution in [0.25, 0.3) is 22.7 Å². The minimum atomic E-state index is 0.302. The van der Waals surface area contributed by atoms with Gasteiger partial charge in [-0.05, 0) is 42.3 Å². The molecule has 0 saturated heterocycles. The van der Waals surface area contributed by atoms with Crippen molar-refractivity contribution < 1.29 is 13.9 Å². The quantitative estimate of drug-likeness (QED) is 0.440. The number of nitriles is 1. The number of benzene rings is 2. The number of unbranched alkanes of at least 4 members (excludes halogenated alkanes) is 1. The van der Waals surface area contributed by atoms with Gasteiger partial charge in [0.25, 0.3) is 0 Å². The summed E-state index contributed by atoms with van der Waals surface area (Å²) < 4.78 is 16.8. The van der Waals surface area contributed by atoms with Crippen LogP contribution in [0.15, 0.2) is 46.9 Å². The zero-order valence-electron chi connectivity index (χ0n) is 14.9. The Labute approximate surface area is 152 Å². The molecule has 5 nitrogen and oxygen atoms in total. The Morgan fingerprint density at radius 1 is 1.23 bits per heavy atom. The Kier molecular flexibility index (Phi) is 5.55. The van der Waals surface area contributed by atoms with Gasteiger partial charge in [0.15, 0.2) is 17.1 Å². The van der Waals surface area contributed by atoms with Crippen molar-refractivity contribution in [3.05, 3.63) is 53.9 Å². The fourth-order valence-corrected chi connectivity index (χ4v) is 2.52. The molecule has 3 rings (SSSR count). The SMILES string of the molecule is CCCCOc1ccc(/C=C(\C#N)c2nc3ccccc3o2)cc1OC. The van der Waals surface area contributed by atoms with Gasteiger partial charge in [0.1, 0.15) is 17.2 Å². The Morgan fingerprint density at radius 3 is 2.81 bits per heavy atom. The van der Waals surface area contributed by atoms with Crippen LogP contribution in [0.2, 0.25) is 0 Å². The second kappa shape index (κ2) is 8.21. The van der Waals surface area contributed by atoms with Crippen LogP contribution in [0.3, 0.4) is 0 Å². The van der Waals surface area contributed by atoms with E-state index < -0.39 is 0 Å². The van der Waals surface area contributed by atoms with Crippen molar-refractivity contribution >= 4 is 22.7 Å². The molecule has 1 heterocycles. The lowest BCUT2D eigenvalue weighted by molar-refractivity contribution is 0.288. The highest BCUT2D eigenvalue weighted by Crippen LogP contribution is 2.30. The first-order chi connectivity index (χ1) is 12.7. The van der Waals surface area contributed by atoms with Gasteiger partial charge in [-0.25, -0.2) is 4.98 Å². The summed E-state index contributed by atoms with van der Waals surface area (Å²) in [5.41, 5.74) is 2.54. The summed E-state index contributed by atoms with van der Waals surface area (Å²) in [5.74, 6) is 1.62. The van der Waals surface area contributed by atoms with Gasteiger partial charge in [-0.15, -0.1) is 0 Å². The van der Waals surface area contributed by atoms with E-state index >= 15 is 0 Å². The monoisotopic (exact) mass is 348 g/mol. The van der Waals surface area contributed by atoms with E-state index in [0.717, 1.165) is 23.9 Å². The largest absolute Gasteiger partial charge is 0.493 e. The normalized spacial score (nSPS) is 11.3. The third kappa shape index (κ3) is 3.86. The van der Waals surface area contributed by atoms with Gasteiger partial charge in [-0.3, -0.25) is 0 Å². The molecule has 0 spiro atoms. The minimum Gasteiger partial charge on any atom is -0.493 e. The third-order valence-electron chi connectivity index (χ3n) is 3.90. The number of aromatic nitrogens is 1. The standard InChI is InChI=1S/C21H20N2O3/c1-3-4-11-25-19-10-9-15(13-20(19)24-2)12-16(14-22)21-23-17-7-5-6-8-18(17)26-21/h5-10,12-13H,3-4,11H2,1-2H3/b16-12+. The first-order valence-electron chi connectivity index (χ1n) is 8.53. The maximum absolute atomic E-state index is 9.52. The average Bonchev–Trinajstić information content (AvgIpc) is 3.11. The van der Waals surface area contributed by atoms with Crippen LogP contribution in [0, 0.1) is 11.3 Å². The van der Waals surface area contributed by atoms with E-state index in [1.807, 2.05) is 42.5 Å². The van der Waals surface area contributed by atoms with Crippen LogP contribution in [-0.2, 0) is 0 Å². The van der Waals surface area contributed by atoms with Crippen LogP contribution in [0.4, 0.5) is 0 Å². The Hall–Kier alpha value is -3.26. The van der Waals surface area contributed by atoms with Crippen LogP contribution < -0.4 is 9.47 Å². The van der Waals surface area contributed by atoms with Crippen molar-refractivity contribution in [2.45, 2.75) is 19.8 Å². The first-order valence-corrected chi connectivity index (χ1v) is 8.53. The molecule has 0 N–H and O–H groups in total. The molecule has 26 heavy (non-hydrogen) atoms. The van der Waals surface area contributed by atoms with Crippen LogP contribution >= 0.6 is 0 Å². The molecule has 5 heteroatoms. The van der Waals surface area contributed by atoms with Gasteiger partial charge in [0, 0.05) is 0 Å². The summed E-state index contributed by atoms with van der Waals surface area (Å²) in [4.78, 5) is 4.38. The van der Waals surface area contributed by atoms with Crippen molar-refractivity contribution in [3.63, 3.8) is 0 Å². The number of rotatable bonds is 7. The number of oxazole rings is 1. The Morgan fingerprint density at radius 2 is 2.08 bits per heavy atom. The molecule has 1 aromatic heterocycles. The Balaban J connectivity index is 1.90. The third-order valence-corrected chi connectivity index (χ3v) is 3.90. The van der Waals surface area contributed by atoms with Crippen LogP contribution in [-0.4, -0.2) is 18.7 Å². The fraction of sp³-hybridized carbons (Fsp3) is 0.238. The highest BCUT2D eigenvalue weighted by molar-refractivity contribution is 5.89. The lowest BCUT2D eigenvalue weighted by Crippen LogP contribution is -1.99. The van der Waals surface area contributed by atoms with Crippen molar-refractivity contribution in [1.29, 1.82) is 5.26 Å². The molecule has 0 bridgehead atoms. The molecule has 0 amide bonds. The number of allylic oxidation sites excluding steroid dienone is 1. The predicted octanol–water partition coefficient (Wildman–Crippen LogP) is 5.08. The highest BCUT2D eigenvalue weighted by atomic mass is 16.5. The molecule has 2 aromatic carbocycles. The first kappa shape index (κ1) is 17.6. The molecular weight excluding hydrogens is 328 g/mol. The second-order valence-electron chi connectivity index (χ2n) is 5.77. The summed E-state index contributed by atoms with van der Waals surface area (Å²) in [6, 6.07) is 15.1. The van der Waals surface area contributed by atoms with Gasteiger partial charge >= 0.3 is 0 Å². The molecular formula is C21H20N2O3. The summed E-state index contributed by atoms with van der Waals surface area (Å²) in [6.07, 6.45) is 3.78. The van der Waals surface area contributed by atoms with Gasteiger partial charge in [0.05, 0.1) is 13.7 Å². The molecule has 0 radical (unpaired) electrons. The maximum atomic E-state index is 9.52. The highest BCUT2D eigenvalue weighted by Gasteiger charge is 2.11. The van der Waals surface area contributed by atoms with E-state index in [-0.39, 0.29) is 0 Å². The van der Waals surface area contributed by atoms with Crippen molar-refractivity contribution in [2.24, 2.45) is 0 Å². The maximum Gasteiger partial charge on any atom is 0.238 e. The van der Waals surface area contributed by atoms with E-state index in [2.05, 4.69) is 18.0 Å². The van der Waals surface area contributed by atoms with Crippen LogP contribution in [0.5, 0.6) is 11.5 Å². The lowest BCUT2D eigenvalue weighted by Gasteiger charge is -2.11. The van der Waals surface area contributed by atoms with Crippen molar-refractivity contribution in [3.8, 4) is 17.6 Å². The van der Waals surface area contributed by atoms with Gasteiger partial charge < -0.3 is 13.9 Å². The second-order valence-corrected chi connectivity index (χ2v) is 5.77. The number of hydrogen-bond acceptors (Lipinski definition) is 5. The topological polar surface area (TPSA) is 68.3 Å². The molecule has 0 aliphatic rings. The zero-order chi connectivity index (χ0) is 18.4. The number of fused-ring (bicyclic) bond motifs is 1. The Bertz CT molecular complexity index is 934. The number of nitrogens with zero attached hydrogens (tertiary/aromatic N) is 2. The number of methoxy groups -OCH3 is 1. The molecule has 0 aliphatic heterocycles. The van der Waals surface area contributed by atoms with Crippen LogP contribution in [0.1, 0.15) is 31.2 Å². The van der Waals surface area contributed by atoms with Gasteiger partial charge in [-0.1, -0.05) is 31.5 Å². The van der Waals surface area contributed by atoms with Gasteiger partial charge in [-0.2, -0.15) is 5.26 Å². The zero-order valence-corrected chi connectivity index (χ0v) is 14.9. The van der Waals surface area contributed by atoms with E-state index in [1.165, 1.54) is 0 Å². The van der Waals surface area contributed by atoms with Crippen molar-refractivity contribution in [2.75, 3.05) is 13.7 Å². The van der Waals surface area contributed by atoms with Gasteiger partial charge in [0.2, 0.25) is 5.89 Å². The average molecular weight is 348 g/mol.